The van der Waals surface area contributed by atoms with Crippen LogP contribution in [0.15, 0.2) is 0 Å². The van der Waals surface area contributed by atoms with E-state index >= 15 is 0 Å². The molecule has 18 heavy (non-hydrogen) atoms. The lowest BCUT2D eigenvalue weighted by atomic mass is 9.86. The molecule has 106 valence electrons. The fraction of sp³-hybridized carbons (Fsp3) is 0.929. The van der Waals surface area contributed by atoms with E-state index in [1.165, 1.54) is 32.1 Å². The molecule has 0 aliphatic heterocycles. The van der Waals surface area contributed by atoms with Crippen molar-refractivity contribution in [3.8, 4) is 0 Å². The second-order valence-corrected chi connectivity index (χ2v) is 5.43. The lowest BCUT2D eigenvalue weighted by Crippen LogP contribution is -2.25. The van der Waals surface area contributed by atoms with Gasteiger partial charge in [-0.25, -0.2) is 0 Å². The van der Waals surface area contributed by atoms with Crippen molar-refractivity contribution in [1.82, 2.24) is 5.32 Å². The molecule has 1 fully saturated rings. The molecule has 1 saturated carbocycles. The summed E-state index contributed by atoms with van der Waals surface area (Å²) in [5, 5.41) is 2.95. The summed E-state index contributed by atoms with van der Waals surface area (Å²) >= 11 is 5.49. The van der Waals surface area contributed by atoms with E-state index in [1.807, 2.05) is 0 Å². The van der Waals surface area contributed by atoms with Crippen molar-refractivity contribution in [2.24, 2.45) is 5.92 Å². The lowest BCUT2D eigenvalue weighted by molar-refractivity contribution is -0.121. The minimum absolute atomic E-state index is 0.193. The summed E-state index contributed by atoms with van der Waals surface area (Å²) in [5.41, 5.74) is 0. The van der Waals surface area contributed by atoms with Crippen LogP contribution in [-0.2, 0) is 9.53 Å². The number of hydrogen-bond acceptors (Lipinski definition) is 2. The number of alkyl halides is 1. The Bertz CT molecular complexity index is 218. The second-order valence-electron chi connectivity index (χ2n) is 5.05. The van der Waals surface area contributed by atoms with Crippen molar-refractivity contribution >= 4 is 17.5 Å². The highest BCUT2D eigenvalue weighted by Crippen LogP contribution is 2.27. The van der Waals surface area contributed by atoms with Gasteiger partial charge in [-0.1, -0.05) is 32.1 Å². The lowest BCUT2D eigenvalue weighted by Gasteiger charge is -2.20. The summed E-state index contributed by atoms with van der Waals surface area (Å²) in [7, 11) is 0. The smallest absolute Gasteiger partial charge is 0.220 e. The maximum Gasteiger partial charge on any atom is 0.220 e. The van der Waals surface area contributed by atoms with Crippen LogP contribution in [0, 0.1) is 5.92 Å². The van der Waals surface area contributed by atoms with Gasteiger partial charge in [-0.3, -0.25) is 4.79 Å². The molecule has 1 rings (SSSR count). The van der Waals surface area contributed by atoms with E-state index in [1.54, 1.807) is 0 Å². The normalized spacial score (nSPS) is 16.7. The molecular weight excluding hydrogens is 250 g/mol. The van der Waals surface area contributed by atoms with Crippen LogP contribution in [0.5, 0.6) is 0 Å². The average molecular weight is 276 g/mol. The summed E-state index contributed by atoms with van der Waals surface area (Å²) in [6.45, 7) is 1.98. The Morgan fingerprint density at radius 3 is 2.72 bits per heavy atom. The number of halogens is 1. The molecule has 0 aromatic heterocycles. The maximum atomic E-state index is 11.6. The SMILES string of the molecule is O=C(CCC1CCCCC1)NCCCOCCCl. The fourth-order valence-corrected chi connectivity index (χ4v) is 2.57. The van der Waals surface area contributed by atoms with E-state index in [2.05, 4.69) is 5.32 Å². The molecule has 1 aliphatic carbocycles. The van der Waals surface area contributed by atoms with Gasteiger partial charge in [0, 0.05) is 25.5 Å². The first-order valence-corrected chi connectivity index (χ1v) is 7.77. The monoisotopic (exact) mass is 275 g/mol. The minimum atomic E-state index is 0.193. The third-order valence-electron chi connectivity index (χ3n) is 3.51. The molecule has 0 spiro atoms. The Kier molecular flexibility index (Phi) is 9.31. The van der Waals surface area contributed by atoms with E-state index in [-0.39, 0.29) is 5.91 Å². The van der Waals surface area contributed by atoms with Crippen molar-refractivity contribution in [2.75, 3.05) is 25.6 Å². The Labute approximate surface area is 116 Å². The highest BCUT2D eigenvalue weighted by molar-refractivity contribution is 6.17. The Morgan fingerprint density at radius 1 is 1.22 bits per heavy atom. The summed E-state index contributed by atoms with van der Waals surface area (Å²) in [6, 6.07) is 0. The zero-order chi connectivity index (χ0) is 13.1. The summed E-state index contributed by atoms with van der Waals surface area (Å²) in [5.74, 6) is 1.52. The van der Waals surface area contributed by atoms with Gasteiger partial charge in [0.2, 0.25) is 5.91 Å². The van der Waals surface area contributed by atoms with Gasteiger partial charge in [0.1, 0.15) is 0 Å². The average Bonchev–Trinajstić information content (AvgIpc) is 2.41. The van der Waals surface area contributed by atoms with Crippen LogP contribution in [0.3, 0.4) is 0 Å². The second kappa shape index (κ2) is 10.6. The third kappa shape index (κ3) is 7.93. The molecule has 1 amide bonds. The number of hydrogen-bond donors (Lipinski definition) is 1. The van der Waals surface area contributed by atoms with Crippen LogP contribution in [0.1, 0.15) is 51.4 Å². The first-order chi connectivity index (χ1) is 8.83. The molecular formula is C14H26ClNO2. The van der Waals surface area contributed by atoms with Crippen LogP contribution in [-0.4, -0.2) is 31.5 Å². The van der Waals surface area contributed by atoms with Crippen molar-refractivity contribution in [3.05, 3.63) is 0 Å². The molecule has 4 heteroatoms. The molecule has 0 aromatic carbocycles. The molecule has 0 unspecified atom stereocenters. The highest BCUT2D eigenvalue weighted by Gasteiger charge is 2.14. The van der Waals surface area contributed by atoms with Crippen molar-refractivity contribution in [2.45, 2.75) is 51.4 Å². The first kappa shape index (κ1) is 15.8. The van der Waals surface area contributed by atoms with Gasteiger partial charge in [-0.15, -0.1) is 11.6 Å². The van der Waals surface area contributed by atoms with Gasteiger partial charge < -0.3 is 10.1 Å². The summed E-state index contributed by atoms with van der Waals surface area (Å²) in [4.78, 5) is 11.6. The molecule has 1 aliphatic rings. The van der Waals surface area contributed by atoms with Gasteiger partial charge in [0.15, 0.2) is 0 Å². The standard InChI is InChI=1S/C14H26ClNO2/c15-9-12-18-11-4-10-16-14(17)8-7-13-5-2-1-3-6-13/h13H,1-12H2,(H,16,17). The largest absolute Gasteiger partial charge is 0.380 e. The minimum Gasteiger partial charge on any atom is -0.380 e. The van der Waals surface area contributed by atoms with Gasteiger partial charge in [0.25, 0.3) is 0 Å². The topological polar surface area (TPSA) is 38.3 Å². The van der Waals surface area contributed by atoms with Crippen molar-refractivity contribution < 1.29 is 9.53 Å². The molecule has 0 bridgehead atoms. The summed E-state index contributed by atoms with van der Waals surface area (Å²) in [6.07, 6.45) is 9.34. The molecule has 3 nitrogen and oxygen atoms in total. The number of rotatable bonds is 9. The highest BCUT2D eigenvalue weighted by atomic mass is 35.5. The van der Waals surface area contributed by atoms with Crippen LogP contribution in [0.2, 0.25) is 0 Å². The fourth-order valence-electron chi connectivity index (χ4n) is 2.46. The zero-order valence-electron chi connectivity index (χ0n) is 11.3. The molecule has 0 aromatic rings. The van der Waals surface area contributed by atoms with E-state index < -0.39 is 0 Å². The third-order valence-corrected chi connectivity index (χ3v) is 3.67. The predicted octanol–water partition coefficient (Wildman–Crippen LogP) is 3.11. The quantitative estimate of drug-likeness (QED) is 0.519. The number of carbonyl (C=O) groups is 1. The van der Waals surface area contributed by atoms with E-state index in [9.17, 15) is 4.79 Å². The molecule has 0 heterocycles. The predicted molar refractivity (Wildman–Crippen MR) is 75.0 cm³/mol. The van der Waals surface area contributed by atoms with Gasteiger partial charge in [-0.2, -0.15) is 0 Å². The molecule has 0 atom stereocenters. The van der Waals surface area contributed by atoms with Crippen molar-refractivity contribution in [3.63, 3.8) is 0 Å². The van der Waals surface area contributed by atoms with E-state index in [0.717, 1.165) is 18.8 Å². The Morgan fingerprint density at radius 2 is 2.00 bits per heavy atom. The van der Waals surface area contributed by atoms with E-state index in [0.29, 0.717) is 32.1 Å². The Hall–Kier alpha value is -0.280. The number of nitrogens with one attached hydrogen (secondary N) is 1. The Balaban J connectivity index is 1.90. The van der Waals surface area contributed by atoms with Gasteiger partial charge in [-0.05, 0) is 18.8 Å². The van der Waals surface area contributed by atoms with Gasteiger partial charge >= 0.3 is 0 Å². The number of amides is 1. The maximum absolute atomic E-state index is 11.6. The van der Waals surface area contributed by atoms with Crippen LogP contribution < -0.4 is 5.32 Å². The zero-order valence-corrected chi connectivity index (χ0v) is 12.0. The van der Waals surface area contributed by atoms with Crippen LogP contribution >= 0.6 is 11.6 Å². The number of carbonyl (C=O) groups excluding carboxylic acids is 1. The van der Waals surface area contributed by atoms with E-state index in [4.69, 9.17) is 16.3 Å². The number of ether oxygens (including phenoxy) is 1. The van der Waals surface area contributed by atoms with Crippen LogP contribution in [0.4, 0.5) is 0 Å². The first-order valence-electron chi connectivity index (χ1n) is 7.23. The molecule has 0 saturated heterocycles. The molecule has 1 N–H and O–H groups in total. The van der Waals surface area contributed by atoms with Crippen LogP contribution in [0.25, 0.3) is 0 Å². The van der Waals surface area contributed by atoms with Crippen molar-refractivity contribution in [1.29, 1.82) is 0 Å². The molecule has 0 radical (unpaired) electrons. The summed E-state index contributed by atoms with van der Waals surface area (Å²) < 4.78 is 5.24. The van der Waals surface area contributed by atoms with Gasteiger partial charge in [0.05, 0.1) is 6.61 Å².